The summed E-state index contributed by atoms with van der Waals surface area (Å²) in [6.45, 7) is 2.50. The lowest BCUT2D eigenvalue weighted by molar-refractivity contribution is 0.235. The second kappa shape index (κ2) is 8.34. The van der Waals surface area contributed by atoms with Crippen LogP contribution in [-0.2, 0) is 6.42 Å². The van der Waals surface area contributed by atoms with Crippen molar-refractivity contribution in [1.29, 1.82) is 0 Å². The molecule has 1 atom stereocenters. The van der Waals surface area contributed by atoms with Crippen molar-refractivity contribution in [2.75, 3.05) is 24.5 Å². The molecule has 0 unspecified atom stereocenters. The van der Waals surface area contributed by atoms with E-state index >= 15 is 0 Å². The van der Waals surface area contributed by atoms with Gasteiger partial charge in [0.15, 0.2) is 0 Å². The Bertz CT molecular complexity index is 632. The maximum Gasteiger partial charge on any atom is 0.315 e. The van der Waals surface area contributed by atoms with Crippen LogP contribution in [0.2, 0.25) is 0 Å². The molecule has 5 nitrogen and oxygen atoms in total. The Morgan fingerprint density at radius 2 is 2.00 bits per heavy atom. The number of carbonyl (C=O) groups is 1. The smallest absolute Gasteiger partial charge is 0.315 e. The number of benzene rings is 1. The van der Waals surface area contributed by atoms with Gasteiger partial charge in [0, 0.05) is 49.7 Å². The van der Waals surface area contributed by atoms with Gasteiger partial charge in [-0.1, -0.05) is 24.3 Å². The van der Waals surface area contributed by atoms with Crippen molar-refractivity contribution in [3.8, 4) is 0 Å². The number of piperidine rings is 1. The molecule has 0 saturated carbocycles. The van der Waals surface area contributed by atoms with Crippen LogP contribution in [-0.4, -0.2) is 36.7 Å². The van der Waals surface area contributed by atoms with Crippen LogP contribution in [0.3, 0.4) is 0 Å². The highest BCUT2D eigenvalue weighted by atomic mass is 16.2. The topological polar surface area (TPSA) is 57.3 Å². The zero-order valence-electron chi connectivity index (χ0n) is 13.8. The van der Waals surface area contributed by atoms with E-state index in [0.717, 1.165) is 38.0 Å². The fourth-order valence-electron chi connectivity index (χ4n) is 3.05. The lowest BCUT2D eigenvalue weighted by atomic mass is 10.1. The quantitative estimate of drug-likeness (QED) is 0.889. The molecular weight excluding hydrogens is 300 g/mol. The third-order valence-corrected chi connectivity index (χ3v) is 4.27. The van der Waals surface area contributed by atoms with Crippen LogP contribution in [0.1, 0.15) is 18.5 Å². The lowest BCUT2D eigenvalue weighted by Crippen LogP contribution is -2.50. The molecule has 5 heteroatoms. The van der Waals surface area contributed by atoms with Crippen LogP contribution in [0.4, 0.5) is 10.5 Å². The first-order chi connectivity index (χ1) is 11.8. The number of carbonyl (C=O) groups excluding carboxylic acids is 1. The van der Waals surface area contributed by atoms with Gasteiger partial charge in [0.25, 0.3) is 0 Å². The number of para-hydroxylation sites is 1. The van der Waals surface area contributed by atoms with E-state index in [-0.39, 0.29) is 12.1 Å². The van der Waals surface area contributed by atoms with E-state index < -0.39 is 0 Å². The predicted molar refractivity (Wildman–Crippen MR) is 96.2 cm³/mol. The molecule has 0 radical (unpaired) electrons. The molecule has 1 aromatic heterocycles. The second-order valence-electron chi connectivity index (χ2n) is 6.09. The Hall–Kier alpha value is -2.56. The van der Waals surface area contributed by atoms with Gasteiger partial charge < -0.3 is 15.5 Å². The molecule has 3 rings (SSSR count). The summed E-state index contributed by atoms with van der Waals surface area (Å²) in [5.41, 5.74) is 2.21. The largest absolute Gasteiger partial charge is 0.369 e. The summed E-state index contributed by atoms with van der Waals surface area (Å²) < 4.78 is 0. The molecule has 1 fully saturated rings. The molecule has 2 aromatic rings. The number of nitrogens with one attached hydrogen (secondary N) is 2. The Labute approximate surface area is 143 Å². The van der Waals surface area contributed by atoms with Crippen molar-refractivity contribution < 1.29 is 4.79 Å². The number of amides is 2. The summed E-state index contributed by atoms with van der Waals surface area (Å²) in [6.07, 6.45) is 4.63. The lowest BCUT2D eigenvalue weighted by Gasteiger charge is -2.34. The Morgan fingerprint density at radius 3 is 2.79 bits per heavy atom. The first-order valence-corrected chi connectivity index (χ1v) is 8.55. The van der Waals surface area contributed by atoms with Crippen molar-refractivity contribution >= 4 is 11.7 Å². The molecule has 1 aliphatic rings. The third kappa shape index (κ3) is 4.72. The Balaban J connectivity index is 1.42. The molecule has 2 amide bonds. The van der Waals surface area contributed by atoms with Gasteiger partial charge in [0.05, 0.1) is 0 Å². The van der Waals surface area contributed by atoms with Crippen LogP contribution in [0.25, 0.3) is 0 Å². The van der Waals surface area contributed by atoms with Crippen LogP contribution < -0.4 is 15.5 Å². The van der Waals surface area contributed by atoms with Gasteiger partial charge in [0.2, 0.25) is 0 Å². The highest BCUT2D eigenvalue weighted by Crippen LogP contribution is 2.19. The van der Waals surface area contributed by atoms with E-state index in [4.69, 9.17) is 0 Å². The SMILES string of the molecule is O=C(NCCc1ccccn1)N[C@H]1CCCN(c2ccccc2)C1. The molecule has 2 N–H and O–H groups in total. The van der Waals surface area contributed by atoms with Crippen molar-refractivity contribution in [2.45, 2.75) is 25.3 Å². The van der Waals surface area contributed by atoms with Gasteiger partial charge in [-0.3, -0.25) is 4.98 Å². The fourth-order valence-corrected chi connectivity index (χ4v) is 3.05. The van der Waals surface area contributed by atoms with Crippen LogP contribution in [0.5, 0.6) is 0 Å². The van der Waals surface area contributed by atoms with E-state index in [9.17, 15) is 4.79 Å². The third-order valence-electron chi connectivity index (χ3n) is 4.27. The molecule has 126 valence electrons. The number of rotatable bonds is 5. The van der Waals surface area contributed by atoms with E-state index in [1.807, 2.05) is 24.3 Å². The zero-order chi connectivity index (χ0) is 16.6. The van der Waals surface area contributed by atoms with E-state index in [1.165, 1.54) is 5.69 Å². The minimum atomic E-state index is -0.0918. The average Bonchev–Trinajstić information content (AvgIpc) is 2.63. The maximum absolute atomic E-state index is 12.1. The zero-order valence-corrected chi connectivity index (χ0v) is 13.8. The van der Waals surface area contributed by atoms with Crippen molar-refractivity contribution in [1.82, 2.24) is 15.6 Å². The summed E-state index contributed by atoms with van der Waals surface area (Å²) >= 11 is 0. The number of anilines is 1. The van der Waals surface area contributed by atoms with E-state index in [2.05, 4.69) is 44.8 Å². The molecule has 1 aromatic carbocycles. The maximum atomic E-state index is 12.1. The van der Waals surface area contributed by atoms with Gasteiger partial charge >= 0.3 is 6.03 Å². The first kappa shape index (κ1) is 16.3. The minimum Gasteiger partial charge on any atom is -0.369 e. The van der Waals surface area contributed by atoms with Gasteiger partial charge in [-0.2, -0.15) is 0 Å². The summed E-state index contributed by atoms with van der Waals surface area (Å²) in [4.78, 5) is 18.7. The number of hydrogen-bond acceptors (Lipinski definition) is 3. The highest BCUT2D eigenvalue weighted by molar-refractivity contribution is 5.74. The first-order valence-electron chi connectivity index (χ1n) is 8.55. The minimum absolute atomic E-state index is 0.0918. The molecule has 0 aliphatic carbocycles. The standard InChI is InChI=1S/C19H24N4O/c24-19(21-13-11-16-7-4-5-12-20-16)22-17-8-6-14-23(15-17)18-9-2-1-3-10-18/h1-5,7,9-10,12,17H,6,8,11,13-15H2,(H2,21,22,24)/t17-/m0/s1. The molecule has 0 bridgehead atoms. The second-order valence-corrected chi connectivity index (χ2v) is 6.09. The summed E-state index contributed by atoms with van der Waals surface area (Å²) in [7, 11) is 0. The van der Waals surface area contributed by atoms with Gasteiger partial charge in [-0.05, 0) is 37.1 Å². The van der Waals surface area contributed by atoms with Gasteiger partial charge in [-0.15, -0.1) is 0 Å². The number of nitrogens with zero attached hydrogens (tertiary/aromatic N) is 2. The number of aromatic nitrogens is 1. The molecule has 24 heavy (non-hydrogen) atoms. The van der Waals surface area contributed by atoms with Crippen molar-refractivity contribution in [2.24, 2.45) is 0 Å². The molecule has 2 heterocycles. The van der Waals surface area contributed by atoms with Crippen LogP contribution in [0, 0.1) is 0 Å². The highest BCUT2D eigenvalue weighted by Gasteiger charge is 2.21. The van der Waals surface area contributed by atoms with Crippen molar-refractivity contribution in [3.63, 3.8) is 0 Å². The van der Waals surface area contributed by atoms with Crippen LogP contribution >= 0.6 is 0 Å². The van der Waals surface area contributed by atoms with Gasteiger partial charge in [-0.25, -0.2) is 4.79 Å². The van der Waals surface area contributed by atoms with Crippen LogP contribution in [0.15, 0.2) is 54.7 Å². The van der Waals surface area contributed by atoms with Crippen molar-refractivity contribution in [3.05, 3.63) is 60.4 Å². The summed E-state index contributed by atoms with van der Waals surface area (Å²) in [6, 6.07) is 16.3. The summed E-state index contributed by atoms with van der Waals surface area (Å²) in [5, 5.41) is 6.02. The average molecular weight is 324 g/mol. The Kier molecular flexibility index (Phi) is 5.66. The fraction of sp³-hybridized carbons (Fsp3) is 0.368. The number of urea groups is 1. The molecule has 1 aliphatic heterocycles. The molecule has 0 spiro atoms. The van der Waals surface area contributed by atoms with Gasteiger partial charge in [0.1, 0.15) is 0 Å². The van der Waals surface area contributed by atoms with E-state index in [0.29, 0.717) is 6.54 Å². The molecule has 1 saturated heterocycles. The number of pyridine rings is 1. The summed E-state index contributed by atoms with van der Waals surface area (Å²) in [5.74, 6) is 0. The normalized spacial score (nSPS) is 17.3. The monoisotopic (exact) mass is 324 g/mol. The molecular formula is C19H24N4O. The Morgan fingerprint density at radius 1 is 1.17 bits per heavy atom. The van der Waals surface area contributed by atoms with E-state index in [1.54, 1.807) is 6.20 Å². The number of hydrogen-bond donors (Lipinski definition) is 2. The predicted octanol–water partition coefficient (Wildman–Crippen LogP) is 2.59.